The van der Waals surface area contributed by atoms with Crippen LogP contribution in [0.15, 0.2) is 30.3 Å². The van der Waals surface area contributed by atoms with Crippen molar-refractivity contribution < 1.29 is 15.0 Å². The summed E-state index contributed by atoms with van der Waals surface area (Å²) in [5.74, 6) is -0.266. The van der Waals surface area contributed by atoms with Gasteiger partial charge in [0.1, 0.15) is 5.82 Å². The highest BCUT2D eigenvalue weighted by Gasteiger charge is 2.27. The maximum atomic E-state index is 11.3. The Bertz CT molecular complexity index is 634. The van der Waals surface area contributed by atoms with Gasteiger partial charge in [-0.15, -0.1) is 0 Å². The van der Waals surface area contributed by atoms with Gasteiger partial charge >= 0.3 is 5.97 Å². The van der Waals surface area contributed by atoms with Crippen LogP contribution in [0.25, 0.3) is 0 Å². The fourth-order valence-corrected chi connectivity index (χ4v) is 2.70. The zero-order valence-electron chi connectivity index (χ0n) is 11.0. The molecule has 5 nitrogen and oxygen atoms in total. The molecular formula is C15H16N2O3. The Balaban J connectivity index is 1.99. The summed E-state index contributed by atoms with van der Waals surface area (Å²) < 4.78 is 1.95. The van der Waals surface area contributed by atoms with Crippen LogP contribution in [0.5, 0.6) is 0 Å². The number of carboxylic acid groups (broad SMARTS) is 1. The van der Waals surface area contributed by atoms with Gasteiger partial charge in [0.15, 0.2) is 5.69 Å². The summed E-state index contributed by atoms with van der Waals surface area (Å²) in [6.45, 7) is 0.624. The molecule has 1 aromatic carbocycles. The number of carboxylic acids is 1. The molecule has 5 heteroatoms. The van der Waals surface area contributed by atoms with Gasteiger partial charge in [-0.25, -0.2) is 9.78 Å². The van der Waals surface area contributed by atoms with E-state index in [1.54, 1.807) is 0 Å². The van der Waals surface area contributed by atoms with E-state index in [0.29, 0.717) is 31.5 Å². The number of rotatable bonds is 3. The monoisotopic (exact) mass is 272 g/mol. The summed E-state index contributed by atoms with van der Waals surface area (Å²) in [7, 11) is 0. The number of benzene rings is 1. The van der Waals surface area contributed by atoms with Crippen LogP contribution in [0.2, 0.25) is 0 Å². The van der Waals surface area contributed by atoms with Gasteiger partial charge in [-0.2, -0.15) is 0 Å². The van der Waals surface area contributed by atoms with E-state index in [1.807, 2.05) is 34.9 Å². The molecular weight excluding hydrogens is 256 g/mol. The van der Waals surface area contributed by atoms with Gasteiger partial charge in [0.2, 0.25) is 0 Å². The van der Waals surface area contributed by atoms with E-state index in [2.05, 4.69) is 4.98 Å². The Morgan fingerprint density at radius 2 is 2.10 bits per heavy atom. The van der Waals surface area contributed by atoms with Crippen LogP contribution >= 0.6 is 0 Å². The SMILES string of the molecule is O=C(O)c1nc(Cc2ccccc2)n2c1CC(O)CC2. The first-order chi connectivity index (χ1) is 9.65. The van der Waals surface area contributed by atoms with Crippen LogP contribution in [0.4, 0.5) is 0 Å². The largest absolute Gasteiger partial charge is 0.476 e. The maximum absolute atomic E-state index is 11.3. The molecule has 3 rings (SSSR count). The molecule has 0 saturated carbocycles. The van der Waals surface area contributed by atoms with Gasteiger partial charge in [0.25, 0.3) is 0 Å². The number of aromatic nitrogens is 2. The maximum Gasteiger partial charge on any atom is 0.356 e. The van der Waals surface area contributed by atoms with Gasteiger partial charge in [0.05, 0.1) is 11.8 Å². The van der Waals surface area contributed by atoms with Crippen molar-refractivity contribution in [3.8, 4) is 0 Å². The Morgan fingerprint density at radius 1 is 1.35 bits per heavy atom. The molecule has 0 fully saturated rings. The lowest BCUT2D eigenvalue weighted by atomic mass is 10.0. The second kappa shape index (κ2) is 5.09. The first-order valence-corrected chi connectivity index (χ1v) is 6.68. The van der Waals surface area contributed by atoms with Crippen LogP contribution in [0, 0.1) is 0 Å². The molecule has 1 aromatic heterocycles. The number of aliphatic hydroxyl groups is 1. The summed E-state index contributed by atoms with van der Waals surface area (Å²) >= 11 is 0. The smallest absolute Gasteiger partial charge is 0.356 e. The van der Waals surface area contributed by atoms with Gasteiger partial charge in [0, 0.05) is 19.4 Å². The van der Waals surface area contributed by atoms with Crippen molar-refractivity contribution in [2.45, 2.75) is 31.9 Å². The number of aromatic carboxylic acids is 1. The zero-order valence-corrected chi connectivity index (χ0v) is 11.0. The third-order valence-electron chi connectivity index (χ3n) is 3.67. The van der Waals surface area contributed by atoms with E-state index in [1.165, 1.54) is 0 Å². The molecule has 0 spiro atoms. The van der Waals surface area contributed by atoms with E-state index in [9.17, 15) is 15.0 Å². The predicted octanol–water partition coefficient (Wildman–Crippen LogP) is 1.48. The van der Waals surface area contributed by atoms with Crippen LogP contribution in [-0.2, 0) is 19.4 Å². The average molecular weight is 272 g/mol. The van der Waals surface area contributed by atoms with Crippen LogP contribution in [-0.4, -0.2) is 31.8 Å². The van der Waals surface area contributed by atoms with Gasteiger partial charge < -0.3 is 14.8 Å². The van der Waals surface area contributed by atoms with E-state index in [0.717, 1.165) is 11.4 Å². The molecule has 2 aromatic rings. The summed E-state index contributed by atoms with van der Waals surface area (Å²) in [4.78, 5) is 15.6. The normalized spacial score (nSPS) is 17.8. The molecule has 20 heavy (non-hydrogen) atoms. The minimum Gasteiger partial charge on any atom is -0.476 e. The molecule has 0 amide bonds. The highest BCUT2D eigenvalue weighted by atomic mass is 16.4. The lowest BCUT2D eigenvalue weighted by Gasteiger charge is -2.21. The molecule has 1 aliphatic rings. The number of aliphatic hydroxyl groups excluding tert-OH is 1. The van der Waals surface area contributed by atoms with E-state index in [4.69, 9.17) is 0 Å². The van der Waals surface area contributed by atoms with Gasteiger partial charge in [-0.3, -0.25) is 0 Å². The summed E-state index contributed by atoms with van der Waals surface area (Å²) in [6.07, 6.45) is 1.15. The highest BCUT2D eigenvalue weighted by molar-refractivity contribution is 5.87. The topological polar surface area (TPSA) is 75.3 Å². The molecule has 2 heterocycles. The fraction of sp³-hybridized carbons (Fsp3) is 0.333. The van der Waals surface area contributed by atoms with E-state index < -0.39 is 12.1 Å². The minimum atomic E-state index is -1.03. The molecule has 0 aliphatic carbocycles. The number of fused-ring (bicyclic) bond motifs is 1. The van der Waals surface area contributed by atoms with Gasteiger partial charge in [-0.1, -0.05) is 30.3 Å². The lowest BCUT2D eigenvalue weighted by molar-refractivity contribution is 0.0687. The minimum absolute atomic E-state index is 0.0784. The molecule has 0 saturated heterocycles. The number of imidazole rings is 1. The summed E-state index contributed by atoms with van der Waals surface area (Å²) in [5.41, 5.74) is 1.82. The molecule has 0 bridgehead atoms. The zero-order chi connectivity index (χ0) is 14.1. The Morgan fingerprint density at radius 3 is 2.80 bits per heavy atom. The van der Waals surface area contributed by atoms with Crippen LogP contribution < -0.4 is 0 Å². The van der Waals surface area contributed by atoms with E-state index in [-0.39, 0.29) is 5.69 Å². The second-order valence-electron chi connectivity index (χ2n) is 5.09. The molecule has 104 valence electrons. The number of hydrogen-bond donors (Lipinski definition) is 2. The Hall–Kier alpha value is -2.14. The standard InChI is InChI=1S/C15H16N2O3/c18-11-6-7-17-12(9-11)14(15(19)20)16-13(17)8-10-4-2-1-3-5-10/h1-5,11,18H,6-9H2,(H,19,20). The van der Waals surface area contributed by atoms with Crippen LogP contribution in [0.1, 0.15) is 34.0 Å². The Kier molecular flexibility index (Phi) is 3.28. The van der Waals surface area contributed by atoms with E-state index >= 15 is 0 Å². The average Bonchev–Trinajstić information content (AvgIpc) is 2.78. The van der Waals surface area contributed by atoms with Crippen molar-refractivity contribution in [2.24, 2.45) is 0 Å². The van der Waals surface area contributed by atoms with Crippen molar-refractivity contribution in [1.82, 2.24) is 9.55 Å². The molecule has 0 radical (unpaired) electrons. The first kappa shape index (κ1) is 12.9. The summed E-state index contributed by atoms with van der Waals surface area (Å²) in [5, 5.41) is 19.0. The third kappa shape index (κ3) is 2.32. The van der Waals surface area contributed by atoms with Crippen molar-refractivity contribution in [3.05, 3.63) is 53.1 Å². The number of carbonyl (C=O) groups is 1. The van der Waals surface area contributed by atoms with Crippen molar-refractivity contribution in [1.29, 1.82) is 0 Å². The fourth-order valence-electron chi connectivity index (χ4n) is 2.70. The first-order valence-electron chi connectivity index (χ1n) is 6.68. The quantitative estimate of drug-likeness (QED) is 0.887. The highest BCUT2D eigenvalue weighted by Crippen LogP contribution is 2.23. The predicted molar refractivity (Wildman–Crippen MR) is 72.8 cm³/mol. The van der Waals surface area contributed by atoms with Crippen molar-refractivity contribution >= 4 is 5.97 Å². The second-order valence-corrected chi connectivity index (χ2v) is 5.09. The Labute approximate surface area is 116 Å². The molecule has 1 aliphatic heterocycles. The van der Waals surface area contributed by atoms with Crippen molar-refractivity contribution in [3.63, 3.8) is 0 Å². The lowest BCUT2D eigenvalue weighted by Crippen LogP contribution is -2.25. The van der Waals surface area contributed by atoms with Crippen LogP contribution in [0.3, 0.4) is 0 Å². The number of hydrogen-bond acceptors (Lipinski definition) is 3. The number of nitrogens with zero attached hydrogens (tertiary/aromatic N) is 2. The molecule has 2 N–H and O–H groups in total. The third-order valence-corrected chi connectivity index (χ3v) is 3.67. The molecule has 1 atom stereocenters. The van der Waals surface area contributed by atoms with Crippen molar-refractivity contribution in [2.75, 3.05) is 0 Å². The van der Waals surface area contributed by atoms with Gasteiger partial charge in [-0.05, 0) is 12.0 Å². The molecule has 1 unspecified atom stereocenters. The summed E-state index contributed by atoms with van der Waals surface area (Å²) in [6, 6.07) is 9.86.